The number of ether oxygens (including phenoxy) is 2. The molecule has 0 fully saturated rings. The van der Waals surface area contributed by atoms with Gasteiger partial charge in [-0.15, -0.1) is 0 Å². The molecule has 36 heavy (non-hydrogen) atoms. The first kappa shape index (κ1) is 27.6. The van der Waals surface area contributed by atoms with Gasteiger partial charge in [0.15, 0.2) is 11.5 Å². The van der Waals surface area contributed by atoms with E-state index in [4.69, 9.17) is 21.1 Å². The molecule has 0 saturated carbocycles. The van der Waals surface area contributed by atoms with Crippen molar-refractivity contribution >= 4 is 39.1 Å². The first-order valence-electron chi connectivity index (χ1n) is 11.9. The highest BCUT2D eigenvalue weighted by Crippen LogP contribution is 2.35. The molecule has 1 aliphatic heterocycles. The SMILES string of the molecule is CCNC(=O)[C@H](CC)N(Cc1ccc(Cl)cc1)C(=O)CN(c1ccc2c(c1)OCCO2)S(=O)(=O)CC. The monoisotopic (exact) mass is 537 g/mol. The van der Waals surface area contributed by atoms with E-state index < -0.39 is 28.5 Å². The summed E-state index contributed by atoms with van der Waals surface area (Å²) < 4.78 is 38.4. The Kier molecular flexibility index (Phi) is 9.44. The molecular formula is C25H32ClN3O6S. The van der Waals surface area contributed by atoms with Crippen LogP contribution in [0.15, 0.2) is 42.5 Å². The first-order valence-corrected chi connectivity index (χ1v) is 13.9. The number of nitrogens with zero attached hydrogens (tertiary/aromatic N) is 2. The Morgan fingerprint density at radius 1 is 1.03 bits per heavy atom. The molecule has 1 atom stereocenters. The summed E-state index contributed by atoms with van der Waals surface area (Å²) in [6, 6.07) is 10.9. The lowest BCUT2D eigenvalue weighted by Gasteiger charge is -2.33. The summed E-state index contributed by atoms with van der Waals surface area (Å²) in [6.07, 6.45) is 0.357. The lowest BCUT2D eigenvalue weighted by atomic mass is 10.1. The highest BCUT2D eigenvalue weighted by molar-refractivity contribution is 7.92. The van der Waals surface area contributed by atoms with Gasteiger partial charge in [0.2, 0.25) is 21.8 Å². The van der Waals surface area contributed by atoms with Gasteiger partial charge in [0.25, 0.3) is 0 Å². The van der Waals surface area contributed by atoms with Crippen LogP contribution in [-0.4, -0.2) is 63.2 Å². The molecule has 0 unspecified atom stereocenters. The van der Waals surface area contributed by atoms with Crippen LogP contribution in [0.5, 0.6) is 11.5 Å². The van der Waals surface area contributed by atoms with Crippen LogP contribution in [0.4, 0.5) is 5.69 Å². The Morgan fingerprint density at radius 3 is 2.31 bits per heavy atom. The van der Waals surface area contributed by atoms with Crippen molar-refractivity contribution in [1.82, 2.24) is 10.2 Å². The van der Waals surface area contributed by atoms with E-state index in [0.29, 0.717) is 42.7 Å². The summed E-state index contributed by atoms with van der Waals surface area (Å²) >= 11 is 6.01. The molecule has 0 bridgehead atoms. The predicted octanol–water partition coefficient (Wildman–Crippen LogP) is 3.21. The van der Waals surface area contributed by atoms with E-state index in [1.54, 1.807) is 49.4 Å². The molecule has 1 N–H and O–H groups in total. The van der Waals surface area contributed by atoms with Crippen molar-refractivity contribution < 1.29 is 27.5 Å². The maximum Gasteiger partial charge on any atom is 0.244 e. The van der Waals surface area contributed by atoms with Gasteiger partial charge in [0.05, 0.1) is 11.4 Å². The van der Waals surface area contributed by atoms with E-state index in [1.165, 1.54) is 11.8 Å². The van der Waals surface area contributed by atoms with Crippen molar-refractivity contribution in [2.24, 2.45) is 0 Å². The Morgan fingerprint density at radius 2 is 1.69 bits per heavy atom. The number of sulfonamides is 1. The quantitative estimate of drug-likeness (QED) is 0.472. The second-order valence-electron chi connectivity index (χ2n) is 8.20. The molecular weight excluding hydrogens is 506 g/mol. The lowest BCUT2D eigenvalue weighted by molar-refractivity contribution is -0.140. The average Bonchev–Trinajstić information content (AvgIpc) is 2.88. The third-order valence-electron chi connectivity index (χ3n) is 5.80. The zero-order valence-electron chi connectivity index (χ0n) is 20.7. The van der Waals surface area contributed by atoms with Gasteiger partial charge in [-0.1, -0.05) is 30.7 Å². The second-order valence-corrected chi connectivity index (χ2v) is 10.8. The maximum absolute atomic E-state index is 13.7. The van der Waals surface area contributed by atoms with Crippen molar-refractivity contribution in [3.8, 4) is 11.5 Å². The summed E-state index contributed by atoms with van der Waals surface area (Å²) in [6.45, 7) is 5.92. The van der Waals surface area contributed by atoms with E-state index in [1.807, 2.05) is 6.92 Å². The van der Waals surface area contributed by atoms with Crippen LogP contribution in [0.3, 0.4) is 0 Å². The predicted molar refractivity (Wildman–Crippen MR) is 139 cm³/mol. The Hall–Kier alpha value is -2.98. The summed E-state index contributed by atoms with van der Waals surface area (Å²) in [7, 11) is -3.84. The minimum absolute atomic E-state index is 0.118. The topological polar surface area (TPSA) is 105 Å². The molecule has 0 aliphatic carbocycles. The molecule has 0 aromatic heterocycles. The fourth-order valence-electron chi connectivity index (χ4n) is 3.90. The number of carbonyl (C=O) groups is 2. The molecule has 11 heteroatoms. The number of nitrogens with one attached hydrogen (secondary N) is 1. The fourth-order valence-corrected chi connectivity index (χ4v) is 5.08. The van der Waals surface area contributed by atoms with E-state index in [0.717, 1.165) is 9.87 Å². The molecule has 2 aromatic carbocycles. The minimum Gasteiger partial charge on any atom is -0.486 e. The molecule has 196 valence electrons. The highest BCUT2D eigenvalue weighted by Gasteiger charge is 2.32. The van der Waals surface area contributed by atoms with Crippen molar-refractivity contribution in [3.05, 3.63) is 53.1 Å². The smallest absolute Gasteiger partial charge is 0.244 e. The molecule has 3 rings (SSSR count). The van der Waals surface area contributed by atoms with E-state index in [-0.39, 0.29) is 23.9 Å². The van der Waals surface area contributed by atoms with Crippen molar-refractivity contribution in [3.63, 3.8) is 0 Å². The van der Waals surface area contributed by atoms with Gasteiger partial charge in [0, 0.05) is 24.2 Å². The molecule has 0 spiro atoms. The summed E-state index contributed by atoms with van der Waals surface area (Å²) in [5.74, 6) is -0.0907. The van der Waals surface area contributed by atoms with E-state index in [9.17, 15) is 18.0 Å². The van der Waals surface area contributed by atoms with E-state index in [2.05, 4.69) is 5.32 Å². The molecule has 1 heterocycles. The third kappa shape index (κ3) is 6.61. The van der Waals surface area contributed by atoms with Gasteiger partial charge in [0.1, 0.15) is 25.8 Å². The molecule has 0 radical (unpaired) electrons. The number of anilines is 1. The number of carbonyl (C=O) groups excluding carboxylic acids is 2. The van der Waals surface area contributed by atoms with Crippen LogP contribution in [0.1, 0.15) is 32.8 Å². The lowest BCUT2D eigenvalue weighted by Crippen LogP contribution is -2.52. The Balaban J connectivity index is 1.97. The number of rotatable bonds is 11. The molecule has 2 amide bonds. The average molecular weight is 538 g/mol. The van der Waals surface area contributed by atoms with Gasteiger partial charge < -0.3 is 19.7 Å². The summed E-state index contributed by atoms with van der Waals surface area (Å²) in [5, 5.41) is 3.32. The molecule has 2 aromatic rings. The molecule has 0 saturated heterocycles. The molecule has 9 nitrogen and oxygen atoms in total. The minimum atomic E-state index is -3.84. The fraction of sp³-hybridized carbons (Fsp3) is 0.440. The standard InChI is InChI=1S/C25H32ClN3O6S/c1-4-21(25(31)27-5-2)28(16-18-7-9-19(26)10-8-18)24(30)17-29(36(32,33)6-3)20-11-12-22-23(15-20)35-14-13-34-22/h7-12,15,21H,4-6,13-14,16-17H2,1-3H3,(H,27,31)/t21-/m0/s1. The number of amides is 2. The van der Waals surface area contributed by atoms with Crippen molar-refractivity contribution in [2.75, 3.05) is 36.4 Å². The number of benzene rings is 2. The van der Waals surface area contributed by atoms with Crippen LogP contribution in [-0.2, 0) is 26.2 Å². The summed E-state index contributed by atoms with van der Waals surface area (Å²) in [4.78, 5) is 28.0. The number of halogens is 1. The van der Waals surface area contributed by atoms with Gasteiger partial charge in [-0.3, -0.25) is 13.9 Å². The zero-order valence-corrected chi connectivity index (χ0v) is 22.3. The van der Waals surface area contributed by atoms with Crippen LogP contribution in [0.2, 0.25) is 5.02 Å². The number of hydrogen-bond acceptors (Lipinski definition) is 6. The van der Waals surface area contributed by atoms with Crippen LogP contribution in [0, 0.1) is 0 Å². The van der Waals surface area contributed by atoms with Crippen LogP contribution < -0.4 is 19.1 Å². The normalized spacial score (nSPS) is 13.6. The Bertz CT molecular complexity index is 1170. The van der Waals surface area contributed by atoms with Crippen molar-refractivity contribution in [1.29, 1.82) is 0 Å². The maximum atomic E-state index is 13.7. The largest absolute Gasteiger partial charge is 0.486 e. The molecule has 1 aliphatic rings. The first-order chi connectivity index (χ1) is 17.2. The van der Waals surface area contributed by atoms with Gasteiger partial charge in [-0.2, -0.15) is 0 Å². The van der Waals surface area contributed by atoms with Gasteiger partial charge in [-0.25, -0.2) is 8.42 Å². The number of fused-ring (bicyclic) bond motifs is 1. The summed E-state index contributed by atoms with van der Waals surface area (Å²) in [5.41, 5.74) is 1.05. The number of hydrogen-bond donors (Lipinski definition) is 1. The van der Waals surface area contributed by atoms with Crippen LogP contribution >= 0.6 is 11.6 Å². The van der Waals surface area contributed by atoms with Gasteiger partial charge in [-0.05, 0) is 50.1 Å². The van der Waals surface area contributed by atoms with Gasteiger partial charge >= 0.3 is 0 Å². The second kappa shape index (κ2) is 12.3. The van der Waals surface area contributed by atoms with Crippen LogP contribution in [0.25, 0.3) is 0 Å². The highest BCUT2D eigenvalue weighted by atomic mass is 35.5. The van der Waals surface area contributed by atoms with Crippen molar-refractivity contribution in [2.45, 2.75) is 39.8 Å². The van der Waals surface area contributed by atoms with E-state index >= 15 is 0 Å². The third-order valence-corrected chi connectivity index (χ3v) is 7.79. The zero-order chi connectivity index (χ0) is 26.3. The number of likely N-dealkylation sites (N-methyl/N-ethyl adjacent to an activating group) is 1. The Labute approximate surface area is 217 Å².